The maximum Gasteiger partial charge on any atom is 0.269 e. The van der Waals surface area contributed by atoms with E-state index in [1.807, 2.05) is 0 Å². The first kappa shape index (κ1) is 21.9. The van der Waals surface area contributed by atoms with Crippen molar-refractivity contribution in [2.75, 3.05) is 11.9 Å². The third kappa shape index (κ3) is 5.84. The van der Waals surface area contributed by atoms with Crippen LogP contribution in [-0.2, 0) is 15.8 Å². The van der Waals surface area contributed by atoms with E-state index in [1.165, 1.54) is 47.4 Å². The van der Waals surface area contributed by atoms with E-state index in [-0.39, 0.29) is 18.0 Å². The summed E-state index contributed by atoms with van der Waals surface area (Å²) in [6, 6.07) is 12.2. The van der Waals surface area contributed by atoms with Crippen molar-refractivity contribution >= 4 is 27.3 Å². The van der Waals surface area contributed by atoms with Gasteiger partial charge in [0.1, 0.15) is 0 Å². The van der Waals surface area contributed by atoms with Crippen LogP contribution in [0, 0.1) is 10.1 Å². The first-order chi connectivity index (χ1) is 14.8. The lowest BCUT2D eigenvalue weighted by atomic mass is 10.2. The van der Waals surface area contributed by atoms with Crippen molar-refractivity contribution < 1.29 is 18.1 Å². The lowest BCUT2D eigenvalue weighted by Crippen LogP contribution is -2.25. The maximum atomic E-state index is 12.5. The molecule has 0 spiro atoms. The zero-order valence-corrected chi connectivity index (χ0v) is 17.1. The first-order valence-corrected chi connectivity index (χ1v) is 10.7. The van der Waals surface area contributed by atoms with E-state index >= 15 is 0 Å². The fraction of sp³-hybridized carbons (Fsp3) is 0.100. The Morgan fingerprint density at radius 1 is 1.16 bits per heavy atom. The molecule has 11 heteroatoms. The second kappa shape index (κ2) is 9.32. The molecule has 31 heavy (non-hydrogen) atoms. The average Bonchev–Trinajstić information content (AvgIpc) is 3.24. The van der Waals surface area contributed by atoms with Gasteiger partial charge in [-0.05, 0) is 29.8 Å². The number of nitro groups is 1. The molecular formula is C20H19N5O5S. The molecule has 0 aliphatic heterocycles. The molecule has 1 aromatic heterocycles. The maximum absolute atomic E-state index is 12.5. The summed E-state index contributed by atoms with van der Waals surface area (Å²) in [5.41, 5.74) is 1.88. The SMILES string of the molecule is C=CCNS(=O)(=O)Cc1ccc(NC(=O)c2cnn(-c3ccc([N+](=O)[O-])cc3)c2)cc1. The van der Waals surface area contributed by atoms with E-state index < -0.39 is 20.9 Å². The molecule has 0 radical (unpaired) electrons. The Morgan fingerprint density at radius 2 is 1.84 bits per heavy atom. The Labute approximate surface area is 178 Å². The third-order valence-electron chi connectivity index (χ3n) is 4.19. The molecule has 0 aliphatic rings. The van der Waals surface area contributed by atoms with E-state index in [4.69, 9.17) is 0 Å². The van der Waals surface area contributed by atoms with Crippen molar-refractivity contribution in [3.05, 3.63) is 94.8 Å². The minimum Gasteiger partial charge on any atom is -0.322 e. The highest BCUT2D eigenvalue weighted by molar-refractivity contribution is 7.88. The number of benzene rings is 2. The Kier molecular flexibility index (Phi) is 6.58. The molecule has 2 aromatic carbocycles. The van der Waals surface area contributed by atoms with Gasteiger partial charge in [0, 0.05) is 30.6 Å². The monoisotopic (exact) mass is 441 g/mol. The average molecular weight is 441 g/mol. The lowest BCUT2D eigenvalue weighted by Gasteiger charge is -2.07. The van der Waals surface area contributed by atoms with E-state index in [0.29, 0.717) is 22.5 Å². The fourth-order valence-corrected chi connectivity index (χ4v) is 3.76. The number of nitrogens with one attached hydrogen (secondary N) is 2. The molecule has 3 rings (SSSR count). The van der Waals surface area contributed by atoms with Crippen LogP contribution < -0.4 is 10.0 Å². The van der Waals surface area contributed by atoms with Gasteiger partial charge in [0.25, 0.3) is 11.6 Å². The number of carbonyl (C=O) groups excluding carboxylic acids is 1. The van der Waals surface area contributed by atoms with Gasteiger partial charge in [-0.25, -0.2) is 17.8 Å². The van der Waals surface area contributed by atoms with Gasteiger partial charge in [0.2, 0.25) is 10.0 Å². The van der Waals surface area contributed by atoms with Crippen molar-refractivity contribution in [1.82, 2.24) is 14.5 Å². The Hall–Kier alpha value is -3.83. The quantitative estimate of drug-likeness (QED) is 0.298. The van der Waals surface area contributed by atoms with E-state index in [0.717, 1.165) is 0 Å². The van der Waals surface area contributed by atoms with Crippen molar-refractivity contribution in [3.63, 3.8) is 0 Å². The zero-order valence-electron chi connectivity index (χ0n) is 16.3. The molecule has 0 aliphatic carbocycles. The largest absolute Gasteiger partial charge is 0.322 e. The summed E-state index contributed by atoms with van der Waals surface area (Å²) in [4.78, 5) is 22.7. The Bertz CT molecular complexity index is 1200. The number of anilines is 1. The normalized spacial score (nSPS) is 11.1. The molecule has 0 fully saturated rings. The number of nitro benzene ring substituents is 1. The minimum atomic E-state index is -3.46. The highest BCUT2D eigenvalue weighted by atomic mass is 32.2. The van der Waals surface area contributed by atoms with Gasteiger partial charge in [-0.15, -0.1) is 6.58 Å². The van der Waals surface area contributed by atoms with E-state index in [9.17, 15) is 23.3 Å². The standard InChI is InChI=1S/C20H19N5O5S/c1-2-11-22-31(29,30)14-15-3-5-17(6-4-15)23-20(26)16-12-21-24(13-16)18-7-9-19(10-8-18)25(27)28/h2-10,12-13,22H,1,11,14H2,(H,23,26). The smallest absolute Gasteiger partial charge is 0.269 e. The molecule has 3 aromatic rings. The molecule has 10 nitrogen and oxygen atoms in total. The van der Waals surface area contributed by atoms with Crippen molar-refractivity contribution in [2.24, 2.45) is 0 Å². The molecule has 0 saturated heterocycles. The van der Waals surface area contributed by atoms with Crippen LogP contribution in [0.5, 0.6) is 0 Å². The van der Waals surface area contributed by atoms with Gasteiger partial charge in [-0.2, -0.15) is 5.10 Å². The highest BCUT2D eigenvalue weighted by Gasteiger charge is 2.13. The van der Waals surface area contributed by atoms with Crippen LogP contribution in [0.2, 0.25) is 0 Å². The molecular weight excluding hydrogens is 422 g/mol. The predicted octanol–water partition coefficient (Wildman–Crippen LogP) is 2.64. The summed E-state index contributed by atoms with van der Waals surface area (Å²) in [5, 5.41) is 17.6. The van der Waals surface area contributed by atoms with Crippen LogP contribution in [0.15, 0.2) is 73.6 Å². The van der Waals surface area contributed by atoms with E-state index in [2.05, 4.69) is 21.7 Å². The summed E-state index contributed by atoms with van der Waals surface area (Å²) < 4.78 is 27.6. The van der Waals surface area contributed by atoms with Crippen molar-refractivity contribution in [2.45, 2.75) is 5.75 Å². The molecule has 1 amide bonds. The number of hydrogen-bond acceptors (Lipinski definition) is 6. The summed E-state index contributed by atoms with van der Waals surface area (Å²) in [5.74, 6) is -0.585. The summed E-state index contributed by atoms with van der Waals surface area (Å²) >= 11 is 0. The van der Waals surface area contributed by atoms with E-state index in [1.54, 1.807) is 24.3 Å². The van der Waals surface area contributed by atoms with Gasteiger partial charge in [-0.3, -0.25) is 14.9 Å². The number of carbonyl (C=O) groups is 1. The number of nitrogens with zero attached hydrogens (tertiary/aromatic N) is 3. The Morgan fingerprint density at radius 3 is 2.45 bits per heavy atom. The van der Waals surface area contributed by atoms with Gasteiger partial charge in [-0.1, -0.05) is 18.2 Å². The van der Waals surface area contributed by atoms with Crippen LogP contribution in [0.4, 0.5) is 11.4 Å². The first-order valence-electron chi connectivity index (χ1n) is 9.05. The van der Waals surface area contributed by atoms with Gasteiger partial charge in [0.15, 0.2) is 0 Å². The number of aromatic nitrogens is 2. The van der Waals surface area contributed by atoms with Crippen LogP contribution >= 0.6 is 0 Å². The fourth-order valence-electron chi connectivity index (χ4n) is 2.65. The molecule has 160 valence electrons. The molecule has 2 N–H and O–H groups in total. The van der Waals surface area contributed by atoms with Gasteiger partial charge < -0.3 is 5.32 Å². The van der Waals surface area contributed by atoms with Gasteiger partial charge >= 0.3 is 0 Å². The minimum absolute atomic E-state index is 0.0402. The summed E-state index contributed by atoms with van der Waals surface area (Å²) in [6.07, 6.45) is 4.34. The van der Waals surface area contributed by atoms with Crippen LogP contribution in [0.1, 0.15) is 15.9 Å². The van der Waals surface area contributed by atoms with Crippen molar-refractivity contribution in [3.8, 4) is 5.69 Å². The number of sulfonamides is 1. The second-order valence-corrected chi connectivity index (χ2v) is 8.30. The number of rotatable bonds is 9. The third-order valence-corrected chi connectivity index (χ3v) is 5.51. The molecule has 0 unspecified atom stereocenters. The second-order valence-electron chi connectivity index (χ2n) is 6.49. The van der Waals surface area contributed by atoms with Crippen LogP contribution in [0.25, 0.3) is 5.69 Å². The number of hydrogen-bond donors (Lipinski definition) is 2. The molecule has 0 atom stereocenters. The molecule has 0 bridgehead atoms. The van der Waals surface area contributed by atoms with Gasteiger partial charge in [0.05, 0.1) is 28.1 Å². The van der Waals surface area contributed by atoms with Crippen LogP contribution in [-0.4, -0.2) is 35.6 Å². The van der Waals surface area contributed by atoms with Crippen molar-refractivity contribution in [1.29, 1.82) is 0 Å². The highest BCUT2D eigenvalue weighted by Crippen LogP contribution is 2.16. The summed E-state index contributed by atoms with van der Waals surface area (Å²) in [7, 11) is -3.46. The summed E-state index contributed by atoms with van der Waals surface area (Å²) in [6.45, 7) is 3.62. The number of amides is 1. The van der Waals surface area contributed by atoms with Crippen LogP contribution in [0.3, 0.4) is 0 Å². The zero-order chi connectivity index (χ0) is 22.4. The Balaban J connectivity index is 1.64. The lowest BCUT2D eigenvalue weighted by molar-refractivity contribution is -0.384. The molecule has 1 heterocycles. The number of non-ortho nitro benzene ring substituents is 1. The predicted molar refractivity (Wildman–Crippen MR) is 115 cm³/mol. The molecule has 0 saturated carbocycles. The topological polar surface area (TPSA) is 136 Å².